The molecule has 1 amide bonds. The van der Waals surface area contributed by atoms with Crippen LogP contribution in [-0.4, -0.2) is 47.3 Å². The molecule has 27 heavy (non-hydrogen) atoms. The summed E-state index contributed by atoms with van der Waals surface area (Å²) in [5.74, 6) is 1.58. The lowest BCUT2D eigenvalue weighted by molar-refractivity contribution is 0.00734. The van der Waals surface area contributed by atoms with Gasteiger partial charge in [-0.15, -0.1) is 0 Å². The van der Waals surface area contributed by atoms with Crippen molar-refractivity contribution in [3.05, 3.63) is 23.9 Å². The zero-order chi connectivity index (χ0) is 19.4. The minimum absolute atomic E-state index is 0.171. The van der Waals surface area contributed by atoms with E-state index < -0.39 is 5.60 Å². The maximum atomic E-state index is 12.9. The highest BCUT2D eigenvalue weighted by atomic mass is 16.6. The average Bonchev–Trinajstić information content (AvgIpc) is 2.59. The zero-order valence-electron chi connectivity index (χ0n) is 17.0. The Hall–Kier alpha value is -1.82. The fourth-order valence-corrected chi connectivity index (χ4v) is 3.79. The molecule has 0 radical (unpaired) electrons. The minimum atomic E-state index is -0.469. The first-order valence-electron chi connectivity index (χ1n) is 10.3. The molecule has 150 valence electrons. The van der Waals surface area contributed by atoms with Gasteiger partial charge in [0, 0.05) is 32.4 Å². The summed E-state index contributed by atoms with van der Waals surface area (Å²) < 4.78 is 5.73. The number of carbonyl (C=O) groups excluding carboxylic acids is 1. The van der Waals surface area contributed by atoms with Crippen LogP contribution in [0.25, 0.3) is 0 Å². The van der Waals surface area contributed by atoms with Gasteiger partial charge >= 0.3 is 6.09 Å². The van der Waals surface area contributed by atoms with Crippen LogP contribution in [0.3, 0.4) is 0 Å². The molecule has 2 N–H and O–H groups in total. The lowest BCUT2D eigenvalue weighted by atomic mass is 9.84. The molecule has 1 aromatic heterocycles. The Balaban J connectivity index is 1.71. The molecular formula is C21H34N4O2. The number of piperidine rings is 1. The van der Waals surface area contributed by atoms with E-state index in [0.29, 0.717) is 12.5 Å². The third-order valence-corrected chi connectivity index (χ3v) is 5.51. The highest BCUT2D eigenvalue weighted by molar-refractivity contribution is 5.68. The van der Waals surface area contributed by atoms with Crippen molar-refractivity contribution in [2.75, 3.05) is 24.5 Å². The van der Waals surface area contributed by atoms with E-state index in [0.717, 1.165) is 43.9 Å². The molecule has 6 heteroatoms. The highest BCUT2D eigenvalue weighted by Crippen LogP contribution is 2.30. The maximum Gasteiger partial charge on any atom is 0.410 e. The van der Waals surface area contributed by atoms with Gasteiger partial charge in [-0.2, -0.15) is 0 Å². The Kier molecular flexibility index (Phi) is 6.25. The van der Waals surface area contributed by atoms with E-state index in [1.165, 1.54) is 19.3 Å². The smallest absolute Gasteiger partial charge is 0.410 e. The van der Waals surface area contributed by atoms with Gasteiger partial charge in [0.25, 0.3) is 0 Å². The van der Waals surface area contributed by atoms with Crippen LogP contribution in [0.15, 0.2) is 18.3 Å². The van der Waals surface area contributed by atoms with Gasteiger partial charge in [-0.05, 0) is 64.0 Å². The summed E-state index contributed by atoms with van der Waals surface area (Å²) in [5.41, 5.74) is 6.24. The number of rotatable bonds is 5. The minimum Gasteiger partial charge on any atom is -0.444 e. The van der Waals surface area contributed by atoms with Crippen molar-refractivity contribution in [2.24, 2.45) is 11.7 Å². The van der Waals surface area contributed by atoms with Crippen molar-refractivity contribution in [1.29, 1.82) is 0 Å². The molecular weight excluding hydrogens is 340 g/mol. The molecule has 0 bridgehead atoms. The molecule has 1 atom stereocenters. The molecule has 2 fully saturated rings. The summed E-state index contributed by atoms with van der Waals surface area (Å²) >= 11 is 0. The van der Waals surface area contributed by atoms with Gasteiger partial charge in [0.2, 0.25) is 0 Å². The summed E-state index contributed by atoms with van der Waals surface area (Å²) in [7, 11) is 0. The van der Waals surface area contributed by atoms with Crippen molar-refractivity contribution >= 4 is 11.9 Å². The van der Waals surface area contributed by atoms with Gasteiger partial charge in [-0.3, -0.25) is 0 Å². The van der Waals surface area contributed by atoms with Crippen LogP contribution in [0, 0.1) is 5.92 Å². The van der Waals surface area contributed by atoms with Gasteiger partial charge in [0.15, 0.2) is 0 Å². The van der Waals surface area contributed by atoms with Crippen molar-refractivity contribution in [3.8, 4) is 0 Å². The van der Waals surface area contributed by atoms with E-state index in [2.05, 4.69) is 9.88 Å². The number of aromatic nitrogens is 1. The first kappa shape index (κ1) is 19.9. The summed E-state index contributed by atoms with van der Waals surface area (Å²) in [6.45, 7) is 8.89. The summed E-state index contributed by atoms with van der Waals surface area (Å²) in [6.07, 6.45) is 7.46. The number of carbonyl (C=O) groups is 1. The van der Waals surface area contributed by atoms with Crippen molar-refractivity contribution in [1.82, 2.24) is 9.88 Å². The SMILES string of the molecule is CC(C)(C)OC(=O)N(CC1CCC1)[C@@H]1CCCN(c2ccc(CN)cn2)C1. The van der Waals surface area contributed by atoms with Crippen LogP contribution in [0.1, 0.15) is 58.4 Å². The van der Waals surface area contributed by atoms with Crippen LogP contribution in [-0.2, 0) is 11.3 Å². The molecule has 1 aliphatic heterocycles. The van der Waals surface area contributed by atoms with Crippen LogP contribution in [0.4, 0.5) is 10.6 Å². The van der Waals surface area contributed by atoms with Gasteiger partial charge in [-0.1, -0.05) is 12.5 Å². The molecule has 6 nitrogen and oxygen atoms in total. The molecule has 1 saturated heterocycles. The molecule has 1 aromatic rings. The predicted octanol–water partition coefficient (Wildman–Crippen LogP) is 3.55. The Bertz CT molecular complexity index is 622. The first-order valence-corrected chi connectivity index (χ1v) is 10.3. The molecule has 2 heterocycles. The number of pyridine rings is 1. The zero-order valence-corrected chi connectivity index (χ0v) is 17.0. The lowest BCUT2D eigenvalue weighted by Crippen LogP contribution is -2.53. The Morgan fingerprint density at radius 2 is 2.07 bits per heavy atom. The second-order valence-corrected chi connectivity index (χ2v) is 8.90. The summed E-state index contributed by atoms with van der Waals surface area (Å²) in [6, 6.07) is 4.24. The molecule has 1 aliphatic carbocycles. The Morgan fingerprint density at radius 1 is 1.30 bits per heavy atom. The first-order chi connectivity index (χ1) is 12.9. The quantitative estimate of drug-likeness (QED) is 0.853. The second-order valence-electron chi connectivity index (χ2n) is 8.90. The third kappa shape index (κ3) is 5.34. The number of ether oxygens (including phenoxy) is 1. The topological polar surface area (TPSA) is 71.7 Å². The van der Waals surface area contributed by atoms with Gasteiger partial charge in [0.1, 0.15) is 11.4 Å². The standard InChI is InChI=1S/C21H34N4O2/c1-21(2,3)27-20(26)25(14-16-6-4-7-16)18-8-5-11-24(15-18)19-10-9-17(12-22)13-23-19/h9-10,13,16,18H,4-8,11-12,14-15,22H2,1-3H3/t18-/m1/s1. The monoisotopic (exact) mass is 374 g/mol. The normalized spacial score (nSPS) is 20.9. The maximum absolute atomic E-state index is 12.9. The van der Waals surface area contributed by atoms with E-state index in [-0.39, 0.29) is 12.1 Å². The molecule has 1 saturated carbocycles. The van der Waals surface area contributed by atoms with E-state index in [1.807, 2.05) is 44.0 Å². The predicted molar refractivity (Wildman–Crippen MR) is 108 cm³/mol. The van der Waals surface area contributed by atoms with Gasteiger partial charge in [0.05, 0.1) is 6.04 Å². The number of hydrogen-bond acceptors (Lipinski definition) is 5. The van der Waals surface area contributed by atoms with Crippen LogP contribution in [0.2, 0.25) is 0 Å². The number of nitrogens with zero attached hydrogens (tertiary/aromatic N) is 3. The van der Waals surface area contributed by atoms with E-state index >= 15 is 0 Å². The van der Waals surface area contributed by atoms with Crippen LogP contribution < -0.4 is 10.6 Å². The average molecular weight is 375 g/mol. The van der Waals surface area contributed by atoms with Crippen molar-refractivity contribution in [3.63, 3.8) is 0 Å². The fourth-order valence-electron chi connectivity index (χ4n) is 3.79. The number of amides is 1. The third-order valence-electron chi connectivity index (χ3n) is 5.51. The Morgan fingerprint density at radius 3 is 2.63 bits per heavy atom. The molecule has 0 aromatic carbocycles. The summed E-state index contributed by atoms with van der Waals surface area (Å²) in [4.78, 5) is 21.8. The highest BCUT2D eigenvalue weighted by Gasteiger charge is 2.34. The number of anilines is 1. The lowest BCUT2D eigenvalue weighted by Gasteiger charge is -2.42. The number of hydrogen-bond donors (Lipinski definition) is 1. The van der Waals surface area contributed by atoms with Gasteiger partial charge < -0.3 is 20.3 Å². The molecule has 0 unspecified atom stereocenters. The number of nitrogens with two attached hydrogens (primary N) is 1. The fraction of sp³-hybridized carbons (Fsp3) is 0.714. The second kappa shape index (κ2) is 8.46. The van der Waals surface area contributed by atoms with Crippen LogP contribution in [0.5, 0.6) is 0 Å². The molecule has 3 rings (SSSR count). The van der Waals surface area contributed by atoms with E-state index in [4.69, 9.17) is 10.5 Å². The van der Waals surface area contributed by atoms with E-state index in [9.17, 15) is 4.79 Å². The Labute approximate surface area is 163 Å². The molecule has 2 aliphatic rings. The van der Waals surface area contributed by atoms with Gasteiger partial charge in [-0.25, -0.2) is 9.78 Å². The summed E-state index contributed by atoms with van der Waals surface area (Å²) in [5, 5.41) is 0. The van der Waals surface area contributed by atoms with Crippen molar-refractivity contribution < 1.29 is 9.53 Å². The largest absolute Gasteiger partial charge is 0.444 e. The molecule has 0 spiro atoms. The van der Waals surface area contributed by atoms with Crippen molar-refractivity contribution in [2.45, 2.75) is 71.1 Å². The van der Waals surface area contributed by atoms with Crippen LogP contribution >= 0.6 is 0 Å². The van der Waals surface area contributed by atoms with E-state index in [1.54, 1.807) is 0 Å².